The molecule has 9 heteroatoms. The number of aliphatic carboxylic acids is 1. The maximum Gasteiger partial charge on any atom is 0.314 e. The molecule has 1 rings (SSSR count). The molecule has 0 aromatic heterocycles. The van der Waals surface area contributed by atoms with Gasteiger partial charge in [-0.2, -0.15) is 0 Å². The fourth-order valence-corrected chi connectivity index (χ4v) is 2.08. The van der Waals surface area contributed by atoms with Crippen LogP contribution in [-0.2, 0) is 9.59 Å². The van der Waals surface area contributed by atoms with Gasteiger partial charge in [0.1, 0.15) is 0 Å². The van der Waals surface area contributed by atoms with Crippen LogP contribution >= 0.6 is 0 Å². The van der Waals surface area contributed by atoms with Gasteiger partial charge in [-0.15, -0.1) is 0 Å². The largest absolute Gasteiger partial charge is 0.483 e. The van der Waals surface area contributed by atoms with Crippen molar-refractivity contribution < 1.29 is 29.7 Å². The lowest BCUT2D eigenvalue weighted by Gasteiger charge is -2.29. The highest BCUT2D eigenvalue weighted by Crippen LogP contribution is 2.09. The molecule has 0 aliphatic carbocycles. The Hall–Kier alpha value is -1.87. The quantitative estimate of drug-likeness (QED) is 0.309. The van der Waals surface area contributed by atoms with Gasteiger partial charge in [0, 0.05) is 19.6 Å². The van der Waals surface area contributed by atoms with Crippen molar-refractivity contribution in [1.29, 1.82) is 0 Å². The van der Waals surface area contributed by atoms with Crippen LogP contribution in [-0.4, -0.2) is 77.5 Å². The molecule has 1 aliphatic rings. The number of aliphatic hydroxyl groups is 1. The number of hydrogen-bond acceptors (Lipinski definition) is 5. The first-order valence-electron chi connectivity index (χ1n) is 7.21. The molecule has 0 aromatic carbocycles. The summed E-state index contributed by atoms with van der Waals surface area (Å²) in [6.45, 7) is 3.00. The van der Waals surface area contributed by atoms with E-state index in [9.17, 15) is 14.7 Å². The Kier molecular flexibility index (Phi) is 11.7. The number of aliphatic hydroxyl groups excluding tert-OH is 1. The lowest BCUT2D eigenvalue weighted by molar-refractivity contribution is -0.136. The molecular formula is C13H25N3O6. The summed E-state index contributed by atoms with van der Waals surface area (Å²) in [4.78, 5) is 32.1. The summed E-state index contributed by atoms with van der Waals surface area (Å²) in [5, 5.41) is 29.9. The topological polar surface area (TPSA) is 139 Å². The van der Waals surface area contributed by atoms with Crippen LogP contribution in [0.3, 0.4) is 0 Å². The van der Waals surface area contributed by atoms with Crippen molar-refractivity contribution in [3.05, 3.63) is 0 Å². The summed E-state index contributed by atoms with van der Waals surface area (Å²) in [6.07, 6.45) is 2.42. The SMILES string of the molecule is O=C(O)CCNC(=O)NCCCN1CCCC(O)C1.O=CO. The van der Waals surface area contributed by atoms with Crippen LogP contribution in [0.5, 0.6) is 0 Å². The molecule has 2 amide bonds. The van der Waals surface area contributed by atoms with Gasteiger partial charge in [-0.25, -0.2) is 4.79 Å². The number of urea groups is 1. The second-order valence-electron chi connectivity index (χ2n) is 4.88. The van der Waals surface area contributed by atoms with Gasteiger partial charge in [-0.1, -0.05) is 0 Å². The van der Waals surface area contributed by atoms with E-state index in [0.29, 0.717) is 13.1 Å². The number of rotatable bonds is 7. The van der Waals surface area contributed by atoms with Crippen molar-refractivity contribution in [2.24, 2.45) is 0 Å². The van der Waals surface area contributed by atoms with Crippen LogP contribution in [0, 0.1) is 0 Å². The van der Waals surface area contributed by atoms with E-state index in [2.05, 4.69) is 15.5 Å². The molecule has 1 atom stereocenters. The first-order valence-corrected chi connectivity index (χ1v) is 7.21. The van der Waals surface area contributed by atoms with E-state index < -0.39 is 5.97 Å². The van der Waals surface area contributed by atoms with Gasteiger partial charge in [-0.05, 0) is 32.4 Å². The zero-order valence-electron chi connectivity index (χ0n) is 12.5. The Labute approximate surface area is 129 Å². The Morgan fingerprint density at radius 1 is 1.27 bits per heavy atom. The molecule has 5 N–H and O–H groups in total. The number of carboxylic acid groups (broad SMARTS) is 2. The average molecular weight is 319 g/mol. The molecule has 9 nitrogen and oxygen atoms in total. The first-order chi connectivity index (χ1) is 10.5. The molecule has 0 radical (unpaired) electrons. The molecule has 0 spiro atoms. The molecule has 22 heavy (non-hydrogen) atoms. The van der Waals surface area contributed by atoms with Gasteiger partial charge in [0.05, 0.1) is 12.5 Å². The predicted molar refractivity (Wildman–Crippen MR) is 78.6 cm³/mol. The molecule has 0 bridgehead atoms. The summed E-state index contributed by atoms with van der Waals surface area (Å²) >= 11 is 0. The fraction of sp³-hybridized carbons (Fsp3) is 0.769. The van der Waals surface area contributed by atoms with Gasteiger partial charge < -0.3 is 30.9 Å². The highest BCUT2D eigenvalue weighted by atomic mass is 16.4. The number of hydrogen-bond donors (Lipinski definition) is 5. The van der Waals surface area contributed by atoms with Crippen molar-refractivity contribution in [2.45, 2.75) is 31.8 Å². The molecule has 1 aliphatic heterocycles. The van der Waals surface area contributed by atoms with Crippen molar-refractivity contribution in [2.75, 3.05) is 32.7 Å². The van der Waals surface area contributed by atoms with E-state index in [1.165, 1.54) is 0 Å². The monoisotopic (exact) mass is 319 g/mol. The maximum atomic E-state index is 11.3. The summed E-state index contributed by atoms with van der Waals surface area (Å²) < 4.78 is 0. The van der Waals surface area contributed by atoms with Gasteiger partial charge in [0.2, 0.25) is 0 Å². The summed E-state index contributed by atoms with van der Waals surface area (Å²) in [7, 11) is 0. The minimum absolute atomic E-state index is 0.0704. The third-order valence-electron chi connectivity index (χ3n) is 3.04. The Balaban J connectivity index is 0.00000135. The number of β-amino-alcohol motifs (C(OH)–C–C–N with tert-alkyl or cyclic N) is 1. The van der Waals surface area contributed by atoms with E-state index in [1.54, 1.807) is 0 Å². The first kappa shape index (κ1) is 20.1. The van der Waals surface area contributed by atoms with Crippen LogP contribution in [0.15, 0.2) is 0 Å². The Morgan fingerprint density at radius 3 is 2.50 bits per heavy atom. The van der Waals surface area contributed by atoms with Crippen LogP contribution in [0.1, 0.15) is 25.7 Å². The molecule has 1 fully saturated rings. The molecule has 1 unspecified atom stereocenters. The third kappa shape index (κ3) is 11.9. The number of nitrogens with zero attached hydrogens (tertiary/aromatic N) is 1. The maximum absolute atomic E-state index is 11.3. The molecule has 0 saturated carbocycles. The van der Waals surface area contributed by atoms with Gasteiger partial charge in [0.15, 0.2) is 0 Å². The van der Waals surface area contributed by atoms with Crippen LogP contribution in [0.2, 0.25) is 0 Å². The minimum Gasteiger partial charge on any atom is -0.483 e. The zero-order valence-corrected chi connectivity index (χ0v) is 12.5. The van der Waals surface area contributed by atoms with Crippen LogP contribution in [0.4, 0.5) is 4.79 Å². The number of carboxylic acids is 1. The molecule has 1 heterocycles. The van der Waals surface area contributed by atoms with Crippen LogP contribution < -0.4 is 10.6 Å². The van der Waals surface area contributed by atoms with E-state index in [0.717, 1.165) is 32.4 Å². The molecule has 128 valence electrons. The van der Waals surface area contributed by atoms with Gasteiger partial charge >= 0.3 is 12.0 Å². The second kappa shape index (κ2) is 12.8. The van der Waals surface area contributed by atoms with Gasteiger partial charge in [0.25, 0.3) is 6.47 Å². The van der Waals surface area contributed by atoms with Gasteiger partial charge in [-0.3, -0.25) is 9.59 Å². The number of amides is 2. The van der Waals surface area contributed by atoms with Crippen LogP contribution in [0.25, 0.3) is 0 Å². The number of nitrogens with one attached hydrogen (secondary N) is 2. The fourth-order valence-electron chi connectivity index (χ4n) is 2.08. The van der Waals surface area contributed by atoms with E-state index in [1.807, 2.05) is 0 Å². The molecular weight excluding hydrogens is 294 g/mol. The predicted octanol–water partition coefficient (Wildman–Crippen LogP) is -0.692. The number of carbonyl (C=O) groups excluding carboxylic acids is 1. The zero-order chi connectivity index (χ0) is 16.8. The smallest absolute Gasteiger partial charge is 0.314 e. The second-order valence-corrected chi connectivity index (χ2v) is 4.88. The summed E-state index contributed by atoms with van der Waals surface area (Å²) in [5.74, 6) is -0.927. The number of piperidine rings is 1. The Morgan fingerprint density at radius 2 is 1.91 bits per heavy atom. The average Bonchev–Trinajstić information content (AvgIpc) is 2.44. The lowest BCUT2D eigenvalue weighted by atomic mass is 10.1. The number of likely N-dealkylation sites (tertiary alicyclic amines) is 1. The van der Waals surface area contributed by atoms with Crippen molar-refractivity contribution >= 4 is 18.5 Å². The number of carbonyl (C=O) groups is 3. The summed E-state index contributed by atoms with van der Waals surface area (Å²) in [5.41, 5.74) is 0. The van der Waals surface area contributed by atoms with Crippen molar-refractivity contribution in [1.82, 2.24) is 15.5 Å². The third-order valence-corrected chi connectivity index (χ3v) is 3.04. The molecule has 1 saturated heterocycles. The minimum atomic E-state index is -0.927. The van der Waals surface area contributed by atoms with Crippen molar-refractivity contribution in [3.63, 3.8) is 0 Å². The van der Waals surface area contributed by atoms with E-state index >= 15 is 0 Å². The highest BCUT2D eigenvalue weighted by Gasteiger charge is 2.16. The van der Waals surface area contributed by atoms with Crippen molar-refractivity contribution in [3.8, 4) is 0 Å². The summed E-state index contributed by atoms with van der Waals surface area (Å²) in [6, 6.07) is -0.333. The van der Waals surface area contributed by atoms with E-state index in [4.69, 9.17) is 15.0 Å². The lowest BCUT2D eigenvalue weighted by Crippen LogP contribution is -2.41. The van der Waals surface area contributed by atoms with E-state index in [-0.39, 0.29) is 31.6 Å². The highest BCUT2D eigenvalue weighted by molar-refractivity contribution is 5.74. The molecule has 0 aromatic rings. The normalized spacial score (nSPS) is 17.8. The Bertz CT molecular complexity index is 340. The standard InChI is InChI=1S/C12H23N3O4.CH2O2/c16-10-3-1-7-15(9-10)8-2-5-13-12(19)14-6-4-11(17)18;2-1-3/h10,16H,1-9H2,(H,17,18)(H2,13,14,19);1H,(H,2,3).